The molecule has 2 aromatic rings. The molecule has 5 nitrogen and oxygen atoms in total. The molecular formula is C22H29N3O2. The molecular weight excluding hydrogens is 338 g/mol. The molecule has 0 aliphatic heterocycles. The van der Waals surface area contributed by atoms with Crippen molar-refractivity contribution in [2.75, 3.05) is 6.54 Å². The highest BCUT2D eigenvalue weighted by atomic mass is 16.2. The first-order valence-electron chi connectivity index (χ1n) is 9.29. The minimum atomic E-state index is -0.615. The van der Waals surface area contributed by atoms with Crippen molar-refractivity contribution >= 4 is 11.8 Å². The molecule has 2 atom stereocenters. The van der Waals surface area contributed by atoms with Gasteiger partial charge in [-0.3, -0.25) is 9.59 Å². The van der Waals surface area contributed by atoms with E-state index in [2.05, 4.69) is 24.5 Å². The molecule has 4 N–H and O–H groups in total. The van der Waals surface area contributed by atoms with Gasteiger partial charge in [0.25, 0.3) is 5.91 Å². The van der Waals surface area contributed by atoms with Crippen LogP contribution in [0.4, 0.5) is 0 Å². The highest BCUT2D eigenvalue weighted by molar-refractivity contribution is 5.96. The molecule has 0 spiro atoms. The molecule has 0 aliphatic rings. The summed E-state index contributed by atoms with van der Waals surface area (Å²) >= 11 is 0. The van der Waals surface area contributed by atoms with Crippen LogP contribution >= 0.6 is 0 Å². The molecule has 5 heteroatoms. The van der Waals surface area contributed by atoms with Gasteiger partial charge in [-0.15, -0.1) is 0 Å². The normalized spacial score (nSPS) is 13.1. The molecule has 0 saturated heterocycles. The summed E-state index contributed by atoms with van der Waals surface area (Å²) in [6, 6.07) is 14.5. The maximum Gasteiger partial charge on any atom is 0.251 e. The molecule has 0 radical (unpaired) electrons. The summed E-state index contributed by atoms with van der Waals surface area (Å²) in [5.74, 6) is -0.149. The van der Waals surface area contributed by atoms with Gasteiger partial charge in [0, 0.05) is 12.1 Å². The number of amides is 2. The minimum absolute atomic E-state index is 0.140. The summed E-state index contributed by atoms with van der Waals surface area (Å²) in [6.45, 7) is 8.02. The van der Waals surface area contributed by atoms with E-state index in [-0.39, 0.29) is 30.3 Å². The summed E-state index contributed by atoms with van der Waals surface area (Å²) < 4.78 is 0. The van der Waals surface area contributed by atoms with Crippen LogP contribution in [0.15, 0.2) is 48.5 Å². The van der Waals surface area contributed by atoms with Crippen molar-refractivity contribution in [3.05, 3.63) is 70.8 Å². The second kappa shape index (κ2) is 9.33. The van der Waals surface area contributed by atoms with E-state index < -0.39 is 6.04 Å². The fourth-order valence-corrected chi connectivity index (χ4v) is 2.90. The topological polar surface area (TPSA) is 84.2 Å². The third-order valence-electron chi connectivity index (χ3n) is 4.47. The minimum Gasteiger partial charge on any atom is -0.350 e. The Hall–Kier alpha value is -2.66. The van der Waals surface area contributed by atoms with E-state index in [0.29, 0.717) is 5.56 Å². The third-order valence-corrected chi connectivity index (χ3v) is 4.47. The van der Waals surface area contributed by atoms with Crippen LogP contribution in [0, 0.1) is 6.92 Å². The number of nitrogens with one attached hydrogen (secondary N) is 2. The highest BCUT2D eigenvalue weighted by Gasteiger charge is 2.19. The van der Waals surface area contributed by atoms with Crippen LogP contribution in [-0.2, 0) is 4.79 Å². The Kier molecular flexibility index (Phi) is 7.13. The van der Waals surface area contributed by atoms with Crippen molar-refractivity contribution in [3.8, 4) is 0 Å². The molecule has 27 heavy (non-hydrogen) atoms. The van der Waals surface area contributed by atoms with Gasteiger partial charge >= 0.3 is 0 Å². The fourth-order valence-electron chi connectivity index (χ4n) is 2.90. The lowest BCUT2D eigenvalue weighted by atomic mass is 9.95. The van der Waals surface area contributed by atoms with Crippen LogP contribution in [0.5, 0.6) is 0 Å². The first-order chi connectivity index (χ1) is 12.8. The van der Waals surface area contributed by atoms with Gasteiger partial charge in [0.2, 0.25) is 5.91 Å². The number of hydrogen-bond acceptors (Lipinski definition) is 3. The molecule has 0 bridgehead atoms. The lowest BCUT2D eigenvalue weighted by molar-refractivity contribution is -0.122. The standard InChI is InChI=1S/C22H29N3O2/c1-14(2)18-11-10-15(3)12-19(18)22(27)24-13-20(25-21(26)16(4)23)17-8-6-5-7-9-17/h5-12,14,16,20H,13,23H2,1-4H3,(H,24,27)(H,25,26)/t16-,20+/m0/s1. The Morgan fingerprint density at radius 3 is 2.30 bits per heavy atom. The lowest BCUT2D eigenvalue weighted by Gasteiger charge is -2.22. The van der Waals surface area contributed by atoms with Gasteiger partial charge in [0.15, 0.2) is 0 Å². The summed E-state index contributed by atoms with van der Waals surface area (Å²) in [7, 11) is 0. The quantitative estimate of drug-likeness (QED) is 0.703. The SMILES string of the molecule is Cc1ccc(C(C)C)c(C(=O)NC[C@@H](NC(=O)[C@H](C)N)c2ccccc2)c1. The van der Waals surface area contributed by atoms with Crippen molar-refractivity contribution in [1.82, 2.24) is 10.6 Å². The van der Waals surface area contributed by atoms with Crippen molar-refractivity contribution in [3.63, 3.8) is 0 Å². The molecule has 144 valence electrons. The van der Waals surface area contributed by atoms with Crippen molar-refractivity contribution in [2.24, 2.45) is 5.73 Å². The highest BCUT2D eigenvalue weighted by Crippen LogP contribution is 2.21. The second-order valence-corrected chi connectivity index (χ2v) is 7.22. The Bertz CT molecular complexity index is 785. The van der Waals surface area contributed by atoms with E-state index >= 15 is 0 Å². The van der Waals surface area contributed by atoms with Gasteiger partial charge in [-0.25, -0.2) is 0 Å². The van der Waals surface area contributed by atoms with Crippen LogP contribution < -0.4 is 16.4 Å². The molecule has 2 amide bonds. The number of aryl methyl sites for hydroxylation is 1. The van der Waals surface area contributed by atoms with Crippen LogP contribution in [0.2, 0.25) is 0 Å². The number of carbonyl (C=O) groups is 2. The third kappa shape index (κ3) is 5.66. The maximum atomic E-state index is 12.8. The Morgan fingerprint density at radius 1 is 1.04 bits per heavy atom. The zero-order valence-corrected chi connectivity index (χ0v) is 16.5. The van der Waals surface area contributed by atoms with E-state index in [0.717, 1.165) is 16.7 Å². The lowest BCUT2D eigenvalue weighted by Crippen LogP contribution is -2.44. The predicted octanol–water partition coefficient (Wildman–Crippen LogP) is 3.05. The number of nitrogens with two attached hydrogens (primary N) is 1. The van der Waals surface area contributed by atoms with Crippen LogP contribution in [0.1, 0.15) is 59.8 Å². The molecule has 2 aromatic carbocycles. The zero-order chi connectivity index (χ0) is 20.0. The van der Waals surface area contributed by atoms with E-state index in [1.165, 1.54) is 0 Å². The van der Waals surface area contributed by atoms with Crippen molar-refractivity contribution in [1.29, 1.82) is 0 Å². The number of hydrogen-bond donors (Lipinski definition) is 3. The first-order valence-corrected chi connectivity index (χ1v) is 9.29. The van der Waals surface area contributed by atoms with Gasteiger partial charge in [-0.1, -0.05) is 61.9 Å². The van der Waals surface area contributed by atoms with Crippen LogP contribution in [-0.4, -0.2) is 24.4 Å². The van der Waals surface area contributed by atoms with E-state index in [4.69, 9.17) is 5.73 Å². The van der Waals surface area contributed by atoms with Gasteiger partial charge < -0.3 is 16.4 Å². The summed E-state index contributed by atoms with van der Waals surface area (Å²) in [5, 5.41) is 5.88. The number of carbonyl (C=O) groups excluding carboxylic acids is 2. The van der Waals surface area contributed by atoms with E-state index in [9.17, 15) is 9.59 Å². The number of benzene rings is 2. The molecule has 0 aromatic heterocycles. The van der Waals surface area contributed by atoms with Gasteiger partial charge in [-0.2, -0.15) is 0 Å². The average molecular weight is 367 g/mol. The molecule has 0 unspecified atom stereocenters. The van der Waals surface area contributed by atoms with Crippen molar-refractivity contribution < 1.29 is 9.59 Å². The largest absolute Gasteiger partial charge is 0.350 e. The fraction of sp³-hybridized carbons (Fsp3) is 0.364. The zero-order valence-electron chi connectivity index (χ0n) is 16.5. The van der Waals surface area contributed by atoms with E-state index in [1.54, 1.807) is 6.92 Å². The molecule has 0 aliphatic carbocycles. The Labute approximate surface area is 161 Å². The van der Waals surface area contributed by atoms with Crippen LogP contribution in [0.25, 0.3) is 0 Å². The summed E-state index contributed by atoms with van der Waals surface area (Å²) in [4.78, 5) is 24.9. The van der Waals surface area contributed by atoms with Crippen molar-refractivity contribution in [2.45, 2.75) is 45.7 Å². The second-order valence-electron chi connectivity index (χ2n) is 7.22. The summed E-state index contributed by atoms with van der Waals surface area (Å²) in [6.07, 6.45) is 0. The maximum absolute atomic E-state index is 12.8. The Balaban J connectivity index is 2.18. The smallest absolute Gasteiger partial charge is 0.251 e. The molecule has 0 fully saturated rings. The van der Waals surface area contributed by atoms with Gasteiger partial charge in [0.1, 0.15) is 0 Å². The molecule has 0 saturated carbocycles. The molecule has 2 rings (SSSR count). The predicted molar refractivity (Wildman–Crippen MR) is 109 cm³/mol. The monoisotopic (exact) mass is 367 g/mol. The average Bonchev–Trinajstić information content (AvgIpc) is 2.64. The van der Waals surface area contributed by atoms with Gasteiger partial charge in [0.05, 0.1) is 12.1 Å². The Morgan fingerprint density at radius 2 is 1.70 bits per heavy atom. The van der Waals surface area contributed by atoms with Gasteiger partial charge in [-0.05, 0) is 37.0 Å². The van der Waals surface area contributed by atoms with E-state index in [1.807, 2.05) is 55.5 Å². The summed E-state index contributed by atoms with van der Waals surface area (Å²) in [5.41, 5.74) is 9.32. The van der Waals surface area contributed by atoms with Crippen LogP contribution in [0.3, 0.4) is 0 Å². The molecule has 0 heterocycles. The first kappa shape index (κ1) is 20.6. The number of rotatable bonds is 7.